The molecule has 0 fully saturated rings. The van der Waals surface area contributed by atoms with Crippen molar-refractivity contribution in [1.82, 2.24) is 0 Å². The molecule has 5 aromatic rings. The highest BCUT2D eigenvalue weighted by molar-refractivity contribution is 5.91. The quantitative estimate of drug-likeness (QED) is 0.246. The lowest BCUT2D eigenvalue weighted by molar-refractivity contribution is -0.136. The van der Waals surface area contributed by atoms with Crippen molar-refractivity contribution in [3.05, 3.63) is 120 Å². The molecule has 0 bridgehead atoms. The second-order valence-electron chi connectivity index (χ2n) is 8.84. The summed E-state index contributed by atoms with van der Waals surface area (Å²) in [6.45, 7) is 2.17. The maximum atomic E-state index is 11.1. The maximum absolute atomic E-state index is 11.1. The molecule has 1 N–H and O–H groups in total. The fourth-order valence-electron chi connectivity index (χ4n) is 4.80. The number of furan rings is 1. The molecular formula is C33H28O3. The molecule has 0 saturated carbocycles. The first-order chi connectivity index (χ1) is 17.7. The summed E-state index contributed by atoms with van der Waals surface area (Å²) in [4.78, 5) is 11.1. The molecule has 5 rings (SSSR count). The van der Waals surface area contributed by atoms with Crippen LogP contribution in [0.3, 0.4) is 0 Å². The molecule has 0 aliphatic carbocycles. The zero-order valence-electron chi connectivity index (χ0n) is 20.3. The number of hydrogen-bond donors (Lipinski definition) is 1. The van der Waals surface area contributed by atoms with E-state index in [0.29, 0.717) is 6.42 Å². The van der Waals surface area contributed by atoms with Crippen LogP contribution in [-0.4, -0.2) is 11.1 Å². The number of carboxylic acid groups (broad SMARTS) is 1. The van der Waals surface area contributed by atoms with E-state index < -0.39 is 5.97 Å². The van der Waals surface area contributed by atoms with E-state index in [4.69, 9.17) is 9.52 Å². The summed E-state index contributed by atoms with van der Waals surface area (Å²) >= 11 is 0. The third kappa shape index (κ3) is 4.73. The van der Waals surface area contributed by atoms with Gasteiger partial charge in [0.25, 0.3) is 0 Å². The summed E-state index contributed by atoms with van der Waals surface area (Å²) in [7, 11) is 0. The Morgan fingerprint density at radius 2 is 1.31 bits per heavy atom. The number of carboxylic acids is 1. The summed E-state index contributed by atoms with van der Waals surface area (Å²) in [5, 5.41) is 9.12. The zero-order valence-corrected chi connectivity index (χ0v) is 20.3. The van der Waals surface area contributed by atoms with Crippen molar-refractivity contribution >= 4 is 5.97 Å². The Morgan fingerprint density at radius 1 is 0.694 bits per heavy atom. The molecule has 3 nitrogen and oxygen atoms in total. The molecule has 0 saturated heterocycles. The minimum atomic E-state index is -0.786. The van der Waals surface area contributed by atoms with Gasteiger partial charge in [-0.15, -0.1) is 0 Å². The Bertz CT molecular complexity index is 1480. The smallest absolute Gasteiger partial charge is 0.303 e. The Morgan fingerprint density at radius 3 is 1.97 bits per heavy atom. The van der Waals surface area contributed by atoms with Gasteiger partial charge in [0.15, 0.2) is 0 Å². The van der Waals surface area contributed by atoms with Gasteiger partial charge in [0.1, 0.15) is 11.5 Å². The van der Waals surface area contributed by atoms with Crippen molar-refractivity contribution in [3.8, 4) is 44.9 Å². The van der Waals surface area contributed by atoms with Crippen LogP contribution in [0.5, 0.6) is 0 Å². The van der Waals surface area contributed by atoms with Gasteiger partial charge in [-0.3, -0.25) is 4.79 Å². The molecule has 0 unspecified atom stereocenters. The predicted molar refractivity (Wildman–Crippen MR) is 146 cm³/mol. The first-order valence-corrected chi connectivity index (χ1v) is 12.3. The number of aryl methyl sites for hydroxylation is 1. The van der Waals surface area contributed by atoms with Crippen LogP contribution in [-0.2, 0) is 17.6 Å². The number of benzene rings is 4. The molecule has 178 valence electrons. The Labute approximate surface area is 211 Å². The third-order valence-corrected chi connectivity index (χ3v) is 6.50. The van der Waals surface area contributed by atoms with Gasteiger partial charge in [0, 0.05) is 28.7 Å². The Balaban J connectivity index is 1.70. The van der Waals surface area contributed by atoms with Crippen LogP contribution in [0.2, 0.25) is 0 Å². The van der Waals surface area contributed by atoms with Gasteiger partial charge in [0.05, 0.1) is 0 Å². The molecule has 4 aromatic carbocycles. The van der Waals surface area contributed by atoms with Crippen LogP contribution in [0.1, 0.15) is 24.5 Å². The van der Waals surface area contributed by atoms with E-state index in [-0.39, 0.29) is 6.42 Å². The van der Waals surface area contributed by atoms with E-state index in [1.807, 2.05) is 48.5 Å². The van der Waals surface area contributed by atoms with Gasteiger partial charge in [-0.2, -0.15) is 0 Å². The average Bonchev–Trinajstić information content (AvgIpc) is 3.32. The lowest BCUT2D eigenvalue weighted by atomic mass is 9.91. The zero-order chi connectivity index (χ0) is 24.9. The molecule has 0 aliphatic heterocycles. The normalized spacial score (nSPS) is 10.9. The second-order valence-corrected chi connectivity index (χ2v) is 8.84. The molecular weight excluding hydrogens is 444 g/mol. The average molecular weight is 473 g/mol. The van der Waals surface area contributed by atoms with E-state index >= 15 is 0 Å². The number of carbonyl (C=O) groups is 1. The minimum absolute atomic E-state index is 0.115. The lowest BCUT2D eigenvalue weighted by Gasteiger charge is -2.11. The summed E-state index contributed by atoms with van der Waals surface area (Å²) in [5.41, 5.74) is 8.64. The topological polar surface area (TPSA) is 50.4 Å². The molecule has 36 heavy (non-hydrogen) atoms. The SMILES string of the molecule is CCc1c(-c2ccccc2-c2cccc(CCC(=O)O)c2)oc(-c2ccccc2)c1-c1ccccc1. The van der Waals surface area contributed by atoms with E-state index in [1.54, 1.807) is 0 Å². The van der Waals surface area contributed by atoms with E-state index in [0.717, 1.165) is 56.9 Å². The van der Waals surface area contributed by atoms with E-state index in [9.17, 15) is 4.79 Å². The standard InChI is InChI=1S/C33H28O3/c1-2-27-31(24-13-5-3-6-14-24)32(25-15-7-4-8-16-25)36-33(27)29-19-10-9-18-28(29)26-17-11-12-23(22-26)20-21-30(34)35/h3-19,22H,2,20-21H2,1H3,(H,34,35). The minimum Gasteiger partial charge on any atom is -0.481 e. The first-order valence-electron chi connectivity index (χ1n) is 12.3. The van der Waals surface area contributed by atoms with Crippen LogP contribution in [0.25, 0.3) is 44.9 Å². The van der Waals surface area contributed by atoms with Gasteiger partial charge in [0.2, 0.25) is 0 Å². The summed E-state index contributed by atoms with van der Waals surface area (Å²) < 4.78 is 6.76. The molecule has 0 atom stereocenters. The molecule has 0 radical (unpaired) electrons. The van der Waals surface area contributed by atoms with Crippen LogP contribution in [0.4, 0.5) is 0 Å². The van der Waals surface area contributed by atoms with E-state index in [1.165, 1.54) is 5.56 Å². The number of rotatable bonds is 8. The molecule has 1 aromatic heterocycles. The van der Waals surface area contributed by atoms with Crippen LogP contribution in [0.15, 0.2) is 114 Å². The fraction of sp³-hybridized carbons (Fsp3) is 0.121. The van der Waals surface area contributed by atoms with Crippen molar-refractivity contribution in [1.29, 1.82) is 0 Å². The molecule has 3 heteroatoms. The highest BCUT2D eigenvalue weighted by Crippen LogP contribution is 2.45. The summed E-state index contributed by atoms with van der Waals surface area (Å²) in [6, 6.07) is 37.1. The van der Waals surface area contributed by atoms with Gasteiger partial charge >= 0.3 is 5.97 Å². The van der Waals surface area contributed by atoms with Crippen LogP contribution < -0.4 is 0 Å². The molecule has 0 amide bonds. The van der Waals surface area contributed by atoms with Gasteiger partial charge < -0.3 is 9.52 Å². The second kappa shape index (κ2) is 10.5. The van der Waals surface area contributed by atoms with Gasteiger partial charge in [-0.05, 0) is 35.1 Å². The fourth-order valence-corrected chi connectivity index (χ4v) is 4.80. The first kappa shape index (κ1) is 23.4. The highest BCUT2D eigenvalue weighted by Gasteiger charge is 2.24. The van der Waals surface area contributed by atoms with Crippen LogP contribution >= 0.6 is 0 Å². The van der Waals surface area contributed by atoms with Gasteiger partial charge in [-0.25, -0.2) is 0 Å². The Hall–Kier alpha value is -4.37. The number of hydrogen-bond acceptors (Lipinski definition) is 2. The third-order valence-electron chi connectivity index (χ3n) is 6.50. The van der Waals surface area contributed by atoms with Crippen molar-refractivity contribution in [2.45, 2.75) is 26.2 Å². The van der Waals surface area contributed by atoms with E-state index in [2.05, 4.69) is 67.6 Å². The van der Waals surface area contributed by atoms with Crippen molar-refractivity contribution in [3.63, 3.8) is 0 Å². The molecule has 1 heterocycles. The lowest BCUT2D eigenvalue weighted by Crippen LogP contribution is -1.97. The molecule has 0 aliphatic rings. The van der Waals surface area contributed by atoms with Crippen molar-refractivity contribution in [2.24, 2.45) is 0 Å². The number of aliphatic carboxylic acids is 1. The highest BCUT2D eigenvalue weighted by atomic mass is 16.4. The maximum Gasteiger partial charge on any atom is 0.303 e. The Kier molecular flexibility index (Phi) is 6.81. The van der Waals surface area contributed by atoms with Crippen LogP contribution in [0, 0.1) is 0 Å². The summed E-state index contributed by atoms with van der Waals surface area (Å²) in [5.74, 6) is 0.964. The largest absolute Gasteiger partial charge is 0.481 e. The predicted octanol–water partition coefficient (Wildman–Crippen LogP) is 8.53. The molecule has 0 spiro atoms. The van der Waals surface area contributed by atoms with Crippen molar-refractivity contribution < 1.29 is 14.3 Å². The van der Waals surface area contributed by atoms with Crippen molar-refractivity contribution in [2.75, 3.05) is 0 Å². The summed E-state index contributed by atoms with van der Waals surface area (Å²) in [6.07, 6.45) is 1.44. The van der Waals surface area contributed by atoms with Gasteiger partial charge in [-0.1, -0.05) is 116 Å². The monoisotopic (exact) mass is 472 g/mol.